The molecule has 6 nitrogen and oxygen atoms in total. The zero-order chi connectivity index (χ0) is 18.1. The molecule has 2 fully saturated rings. The normalized spacial score (nSPS) is 26.9. The highest BCUT2D eigenvalue weighted by Crippen LogP contribution is 2.34. The minimum Gasteiger partial charge on any atom is -0.444 e. The van der Waals surface area contributed by atoms with Gasteiger partial charge >= 0.3 is 0 Å². The number of rotatable bonds is 4. The lowest BCUT2D eigenvalue weighted by Crippen LogP contribution is -2.40. The summed E-state index contributed by atoms with van der Waals surface area (Å²) in [5.41, 5.74) is 0.635. The number of likely N-dealkylation sites (N-methyl/N-ethyl adjacent to an activating group) is 1. The van der Waals surface area contributed by atoms with Crippen LogP contribution in [0.5, 0.6) is 0 Å². The fourth-order valence-corrected chi connectivity index (χ4v) is 4.80. The first-order valence-electron chi connectivity index (χ1n) is 9.34. The smallest absolute Gasteiger partial charge is 0.204 e. The van der Waals surface area contributed by atoms with Crippen LogP contribution in [-0.2, 0) is 0 Å². The summed E-state index contributed by atoms with van der Waals surface area (Å²) < 4.78 is 6.31. The van der Waals surface area contributed by atoms with Gasteiger partial charge in [0.15, 0.2) is 5.58 Å². The topological polar surface area (TPSA) is 77.1 Å². The first-order valence-corrected chi connectivity index (χ1v) is 10.1. The zero-order valence-corrected chi connectivity index (χ0v) is 16.6. The van der Waals surface area contributed by atoms with Gasteiger partial charge < -0.3 is 15.1 Å². The van der Waals surface area contributed by atoms with E-state index in [0.29, 0.717) is 23.4 Å². The van der Waals surface area contributed by atoms with Gasteiger partial charge in [-0.25, -0.2) is 4.98 Å². The van der Waals surface area contributed by atoms with Crippen LogP contribution in [0.4, 0.5) is 5.82 Å². The molecule has 1 aliphatic heterocycles. The van der Waals surface area contributed by atoms with E-state index in [-0.39, 0.29) is 0 Å². The van der Waals surface area contributed by atoms with Crippen molar-refractivity contribution in [3.05, 3.63) is 22.5 Å². The molecule has 1 saturated carbocycles. The van der Waals surface area contributed by atoms with Gasteiger partial charge in [-0.1, -0.05) is 0 Å². The first-order chi connectivity index (χ1) is 12.7. The summed E-state index contributed by atoms with van der Waals surface area (Å²) in [6.07, 6.45) is 7.74. The predicted octanol–water partition coefficient (Wildman–Crippen LogP) is 3.48. The molecule has 138 valence electrons. The maximum absolute atomic E-state index is 9.00. The third-order valence-corrected chi connectivity index (χ3v) is 6.61. The minimum atomic E-state index is 0.311. The predicted molar refractivity (Wildman–Crippen MR) is 105 cm³/mol. The fourth-order valence-electron chi connectivity index (χ4n) is 4.27. The molecule has 0 aromatic carbocycles. The number of halogens is 1. The lowest BCUT2D eigenvalue weighted by Gasteiger charge is -2.35. The molecule has 2 aromatic rings. The summed E-state index contributed by atoms with van der Waals surface area (Å²) >= 11 is 3.62. The van der Waals surface area contributed by atoms with Crippen molar-refractivity contribution >= 4 is 32.7 Å². The molecule has 1 atom stereocenters. The second-order valence-electron chi connectivity index (χ2n) is 7.34. The van der Waals surface area contributed by atoms with Crippen molar-refractivity contribution in [2.75, 3.05) is 25.5 Å². The monoisotopic (exact) mass is 417 g/mol. The molecular weight excluding hydrogens is 394 g/mol. The molecule has 2 aliphatic rings. The van der Waals surface area contributed by atoms with Gasteiger partial charge in [0, 0.05) is 42.7 Å². The van der Waals surface area contributed by atoms with Crippen molar-refractivity contribution in [3.63, 3.8) is 0 Å². The zero-order valence-electron chi connectivity index (χ0n) is 15.0. The number of aromatic nitrogens is 1. The highest BCUT2D eigenvalue weighted by Gasteiger charge is 2.31. The number of nitrogens with one attached hydrogen (secondary N) is 2. The van der Waals surface area contributed by atoms with Crippen molar-refractivity contribution in [1.82, 2.24) is 15.2 Å². The molecule has 4 rings (SSSR count). The van der Waals surface area contributed by atoms with Crippen molar-refractivity contribution in [1.29, 1.82) is 5.26 Å². The molecule has 7 heteroatoms. The molecule has 1 aliphatic carbocycles. The number of hydrogen-bond acceptors (Lipinski definition) is 6. The molecule has 0 radical (unpaired) electrons. The van der Waals surface area contributed by atoms with E-state index in [1.54, 1.807) is 12.3 Å². The maximum Gasteiger partial charge on any atom is 0.204 e. The van der Waals surface area contributed by atoms with Gasteiger partial charge in [0.1, 0.15) is 11.9 Å². The standard InChI is InChI=1S/C19H24BrN5O/c1-22-13-6-7-25(11-13)14-4-2-12(3-5-14)24-19-18(20)16-8-15(9-21)26-17(16)10-23-19/h8,10,12-14,22H,2-7,11H2,1H3,(H,23,24)/t12?,13-,14?/m0/s1. The summed E-state index contributed by atoms with van der Waals surface area (Å²) in [6.45, 7) is 2.41. The molecule has 0 unspecified atom stereocenters. The summed E-state index contributed by atoms with van der Waals surface area (Å²) in [7, 11) is 2.07. The van der Waals surface area contributed by atoms with Crippen LogP contribution in [0.15, 0.2) is 21.2 Å². The highest BCUT2D eigenvalue weighted by atomic mass is 79.9. The van der Waals surface area contributed by atoms with Gasteiger partial charge in [0.25, 0.3) is 0 Å². The van der Waals surface area contributed by atoms with Gasteiger partial charge in [-0.2, -0.15) is 5.26 Å². The number of anilines is 1. The van der Waals surface area contributed by atoms with Crippen LogP contribution in [0.3, 0.4) is 0 Å². The van der Waals surface area contributed by atoms with Crippen molar-refractivity contribution in [2.24, 2.45) is 0 Å². The third kappa shape index (κ3) is 3.46. The number of likely N-dealkylation sites (tertiary alicyclic amines) is 1. The molecule has 1 saturated heterocycles. The fraction of sp³-hybridized carbons (Fsp3) is 0.579. The second-order valence-corrected chi connectivity index (χ2v) is 8.13. The van der Waals surface area contributed by atoms with E-state index in [9.17, 15) is 0 Å². The summed E-state index contributed by atoms with van der Waals surface area (Å²) in [4.78, 5) is 7.15. The first kappa shape index (κ1) is 17.8. The van der Waals surface area contributed by atoms with Gasteiger partial charge in [-0.3, -0.25) is 4.90 Å². The Labute approximate surface area is 162 Å². The number of furan rings is 1. The van der Waals surface area contributed by atoms with Crippen molar-refractivity contribution < 1.29 is 4.42 Å². The number of hydrogen-bond donors (Lipinski definition) is 2. The van der Waals surface area contributed by atoms with E-state index < -0.39 is 0 Å². The van der Waals surface area contributed by atoms with Crippen LogP contribution >= 0.6 is 15.9 Å². The van der Waals surface area contributed by atoms with Crippen LogP contribution < -0.4 is 10.6 Å². The number of nitrogens with zero attached hydrogens (tertiary/aromatic N) is 3. The Kier molecular flexibility index (Phi) is 5.16. The van der Waals surface area contributed by atoms with Crippen molar-refractivity contribution in [2.45, 2.75) is 50.2 Å². The molecule has 0 spiro atoms. The van der Waals surface area contributed by atoms with E-state index in [4.69, 9.17) is 9.68 Å². The van der Waals surface area contributed by atoms with Crippen LogP contribution in [0.25, 0.3) is 11.0 Å². The number of nitriles is 1. The van der Waals surface area contributed by atoms with E-state index in [1.807, 2.05) is 6.07 Å². The lowest BCUT2D eigenvalue weighted by atomic mass is 9.90. The Balaban J connectivity index is 1.38. The molecule has 26 heavy (non-hydrogen) atoms. The summed E-state index contributed by atoms with van der Waals surface area (Å²) in [5, 5.41) is 16.9. The summed E-state index contributed by atoms with van der Waals surface area (Å²) in [5.74, 6) is 1.15. The van der Waals surface area contributed by atoms with E-state index >= 15 is 0 Å². The maximum atomic E-state index is 9.00. The lowest BCUT2D eigenvalue weighted by molar-refractivity contribution is 0.182. The SMILES string of the molecule is CN[C@H]1CCN(C2CCC(Nc3ncc4oc(C#N)cc4c3Br)CC2)C1. The van der Waals surface area contributed by atoms with Crippen molar-refractivity contribution in [3.8, 4) is 6.07 Å². The number of fused-ring (bicyclic) bond motifs is 1. The second kappa shape index (κ2) is 7.55. The van der Waals surface area contributed by atoms with Crippen LogP contribution in [0.1, 0.15) is 37.9 Å². The molecule has 2 aromatic heterocycles. The van der Waals surface area contributed by atoms with E-state index in [2.05, 4.69) is 43.5 Å². The summed E-state index contributed by atoms with van der Waals surface area (Å²) in [6, 6.07) is 5.62. The molecule has 0 amide bonds. The average molecular weight is 418 g/mol. The van der Waals surface area contributed by atoms with E-state index in [1.165, 1.54) is 32.4 Å². The Morgan fingerprint density at radius 1 is 1.27 bits per heavy atom. The van der Waals surface area contributed by atoms with Gasteiger partial charge in [-0.05, 0) is 55.1 Å². The average Bonchev–Trinajstić information content (AvgIpc) is 3.31. The Morgan fingerprint density at radius 2 is 2.08 bits per heavy atom. The molecule has 2 N–H and O–H groups in total. The van der Waals surface area contributed by atoms with Gasteiger partial charge in [0.05, 0.1) is 10.7 Å². The Morgan fingerprint density at radius 3 is 2.77 bits per heavy atom. The van der Waals surface area contributed by atoms with Gasteiger partial charge in [0.2, 0.25) is 5.76 Å². The highest BCUT2D eigenvalue weighted by molar-refractivity contribution is 9.10. The largest absolute Gasteiger partial charge is 0.444 e. The minimum absolute atomic E-state index is 0.311. The Bertz CT molecular complexity index is 821. The van der Waals surface area contributed by atoms with Crippen LogP contribution in [0, 0.1) is 11.3 Å². The van der Waals surface area contributed by atoms with Crippen LogP contribution in [-0.4, -0.2) is 48.1 Å². The molecule has 0 bridgehead atoms. The third-order valence-electron chi connectivity index (χ3n) is 5.81. The van der Waals surface area contributed by atoms with Crippen LogP contribution in [0.2, 0.25) is 0 Å². The molecule has 3 heterocycles. The molecular formula is C19H24BrN5O. The number of pyridine rings is 1. The quantitative estimate of drug-likeness (QED) is 0.792. The van der Waals surface area contributed by atoms with Gasteiger partial charge in [-0.15, -0.1) is 0 Å². The van der Waals surface area contributed by atoms with E-state index in [0.717, 1.165) is 34.6 Å². The Hall–Kier alpha value is -1.62.